The number of nitrogens with one attached hydrogen (secondary N) is 1. The van der Waals surface area contributed by atoms with E-state index in [9.17, 15) is 4.79 Å². The fourth-order valence-electron chi connectivity index (χ4n) is 3.14. The van der Waals surface area contributed by atoms with Crippen LogP contribution < -0.4 is 11.1 Å². The van der Waals surface area contributed by atoms with Crippen LogP contribution >= 0.6 is 11.3 Å². The number of benzene rings is 2. The highest BCUT2D eigenvalue weighted by Crippen LogP contribution is 2.30. The van der Waals surface area contributed by atoms with Crippen molar-refractivity contribution in [2.24, 2.45) is 5.73 Å². The normalized spacial score (nSPS) is 11.6. The average molecular weight is 405 g/mol. The van der Waals surface area contributed by atoms with Gasteiger partial charge in [-0.05, 0) is 36.6 Å². The van der Waals surface area contributed by atoms with Crippen LogP contribution in [-0.2, 0) is 17.6 Å². The minimum Gasteiger partial charge on any atom is -0.352 e. The van der Waals surface area contributed by atoms with Crippen LogP contribution in [-0.4, -0.2) is 23.5 Å². The first-order valence-electron chi connectivity index (χ1n) is 9.59. The summed E-state index contributed by atoms with van der Waals surface area (Å²) in [4.78, 5) is 18.1. The summed E-state index contributed by atoms with van der Waals surface area (Å²) in [6.07, 6.45) is 1.70. The molecule has 1 aromatic heterocycles. The van der Waals surface area contributed by atoms with Gasteiger partial charge in [-0.15, -0.1) is 11.3 Å². The maximum absolute atomic E-state index is 12.4. The van der Waals surface area contributed by atoms with Gasteiger partial charge >= 0.3 is 0 Å². The number of nitriles is 1. The summed E-state index contributed by atoms with van der Waals surface area (Å²) in [6.45, 7) is 2.37. The number of hydrogen-bond acceptors (Lipinski definition) is 5. The second-order valence-electron chi connectivity index (χ2n) is 6.90. The smallest absolute Gasteiger partial charge is 0.220 e. The first kappa shape index (κ1) is 20.7. The lowest BCUT2D eigenvalue weighted by Gasteiger charge is -2.16. The molecule has 3 aromatic rings. The lowest BCUT2D eigenvalue weighted by Crippen LogP contribution is -2.41. The van der Waals surface area contributed by atoms with Gasteiger partial charge < -0.3 is 11.1 Å². The molecule has 0 fully saturated rings. The topological polar surface area (TPSA) is 91.8 Å². The van der Waals surface area contributed by atoms with E-state index in [1.165, 1.54) is 0 Å². The van der Waals surface area contributed by atoms with Crippen LogP contribution in [0, 0.1) is 18.3 Å². The number of thiazole rings is 1. The third-order valence-corrected chi connectivity index (χ3v) is 5.92. The zero-order chi connectivity index (χ0) is 20.6. The van der Waals surface area contributed by atoms with Crippen LogP contribution in [0.1, 0.15) is 28.2 Å². The molecule has 1 heterocycles. The lowest BCUT2D eigenvalue weighted by molar-refractivity contribution is -0.121. The number of nitrogens with zero attached hydrogens (tertiary/aromatic N) is 2. The van der Waals surface area contributed by atoms with Crippen molar-refractivity contribution >= 4 is 17.2 Å². The fraction of sp³-hybridized carbons (Fsp3) is 0.261. The van der Waals surface area contributed by atoms with Crippen LogP contribution in [0.15, 0.2) is 54.6 Å². The van der Waals surface area contributed by atoms with Gasteiger partial charge in [0.1, 0.15) is 0 Å². The predicted octanol–water partition coefficient (Wildman–Crippen LogP) is 3.61. The van der Waals surface area contributed by atoms with E-state index in [1.54, 1.807) is 23.5 Å². The van der Waals surface area contributed by atoms with Crippen LogP contribution in [0.4, 0.5) is 0 Å². The number of carbonyl (C=O) groups excluding carboxylic acids is 1. The van der Waals surface area contributed by atoms with Crippen LogP contribution in [0.3, 0.4) is 0 Å². The van der Waals surface area contributed by atoms with Crippen LogP contribution in [0.5, 0.6) is 0 Å². The van der Waals surface area contributed by atoms with Crippen molar-refractivity contribution in [3.05, 3.63) is 76.4 Å². The third-order valence-electron chi connectivity index (χ3n) is 4.66. The molecule has 3 N–H and O–H groups in total. The quantitative estimate of drug-likeness (QED) is 0.600. The van der Waals surface area contributed by atoms with Crippen molar-refractivity contribution in [1.29, 1.82) is 5.26 Å². The number of hydrogen-bond donors (Lipinski definition) is 2. The molecule has 6 heteroatoms. The average Bonchev–Trinajstić information content (AvgIpc) is 3.13. The number of rotatable bonds is 8. The molecular formula is C23H24N4OS. The number of amides is 1. The van der Waals surface area contributed by atoms with Crippen LogP contribution in [0.25, 0.3) is 10.4 Å². The summed E-state index contributed by atoms with van der Waals surface area (Å²) in [6, 6.07) is 19.6. The van der Waals surface area contributed by atoms with Gasteiger partial charge in [0, 0.05) is 25.4 Å². The van der Waals surface area contributed by atoms with E-state index in [1.807, 2.05) is 49.4 Å². The van der Waals surface area contributed by atoms with Gasteiger partial charge in [-0.3, -0.25) is 4.79 Å². The van der Waals surface area contributed by atoms with E-state index in [2.05, 4.69) is 16.4 Å². The molecule has 0 aliphatic rings. The molecule has 3 rings (SSSR count). The predicted molar refractivity (Wildman–Crippen MR) is 116 cm³/mol. The highest BCUT2D eigenvalue weighted by Gasteiger charge is 2.14. The Labute approximate surface area is 175 Å². The Morgan fingerprint density at radius 3 is 2.59 bits per heavy atom. The minimum atomic E-state index is -0.0721. The molecule has 0 spiro atoms. The first-order valence-corrected chi connectivity index (χ1v) is 10.4. The van der Waals surface area contributed by atoms with Gasteiger partial charge in [0.15, 0.2) is 0 Å². The summed E-state index contributed by atoms with van der Waals surface area (Å²) >= 11 is 1.60. The molecule has 1 amide bonds. The summed E-state index contributed by atoms with van der Waals surface area (Å²) in [5.41, 5.74) is 9.62. The highest BCUT2D eigenvalue weighted by atomic mass is 32.1. The van der Waals surface area contributed by atoms with Crippen LogP contribution in [0.2, 0.25) is 0 Å². The maximum Gasteiger partial charge on any atom is 0.220 e. The summed E-state index contributed by atoms with van der Waals surface area (Å²) in [5, 5.41) is 12.9. The van der Waals surface area contributed by atoms with Gasteiger partial charge in [0.05, 0.1) is 27.2 Å². The molecule has 0 aliphatic carbocycles. The Morgan fingerprint density at radius 1 is 1.21 bits per heavy atom. The third kappa shape index (κ3) is 5.74. The van der Waals surface area contributed by atoms with E-state index in [4.69, 9.17) is 11.0 Å². The largest absolute Gasteiger partial charge is 0.352 e. The molecular weight excluding hydrogens is 380 g/mol. The summed E-state index contributed by atoms with van der Waals surface area (Å²) < 4.78 is 0. The number of aromatic nitrogens is 1. The first-order chi connectivity index (χ1) is 14.1. The monoisotopic (exact) mass is 404 g/mol. The highest BCUT2D eigenvalue weighted by molar-refractivity contribution is 7.15. The van der Waals surface area contributed by atoms with Crippen molar-refractivity contribution in [1.82, 2.24) is 10.3 Å². The fourth-order valence-corrected chi connectivity index (χ4v) is 4.21. The molecule has 29 heavy (non-hydrogen) atoms. The zero-order valence-electron chi connectivity index (χ0n) is 16.4. The maximum atomic E-state index is 12.4. The van der Waals surface area contributed by atoms with Crippen molar-refractivity contribution in [2.75, 3.05) is 6.54 Å². The van der Waals surface area contributed by atoms with Crippen molar-refractivity contribution < 1.29 is 4.79 Å². The molecule has 5 nitrogen and oxygen atoms in total. The Morgan fingerprint density at radius 2 is 1.93 bits per heavy atom. The van der Waals surface area contributed by atoms with E-state index in [-0.39, 0.29) is 11.9 Å². The molecule has 0 aliphatic heterocycles. The van der Waals surface area contributed by atoms with E-state index in [0.29, 0.717) is 24.9 Å². The van der Waals surface area contributed by atoms with Crippen molar-refractivity contribution in [2.45, 2.75) is 32.2 Å². The molecule has 0 radical (unpaired) electrons. The second-order valence-corrected chi connectivity index (χ2v) is 7.98. The number of nitrogens with two attached hydrogens (primary N) is 1. The SMILES string of the molecule is Cc1nc(CCC(=O)NC(CN)Cc2ccccc2)sc1-c1ccc(C#N)cc1. The Hall–Kier alpha value is -3.01. The van der Waals surface area contributed by atoms with Gasteiger partial charge in [0.25, 0.3) is 0 Å². The second kappa shape index (κ2) is 9.97. The van der Waals surface area contributed by atoms with Crippen molar-refractivity contribution in [3.8, 4) is 16.5 Å². The Balaban J connectivity index is 1.56. The molecule has 0 bridgehead atoms. The summed E-state index contributed by atoms with van der Waals surface area (Å²) in [7, 11) is 0. The molecule has 148 valence electrons. The van der Waals surface area contributed by atoms with Gasteiger partial charge in [-0.1, -0.05) is 42.5 Å². The lowest BCUT2D eigenvalue weighted by atomic mass is 10.1. The van der Waals surface area contributed by atoms with Gasteiger partial charge in [0.2, 0.25) is 5.91 Å². The van der Waals surface area contributed by atoms with E-state index in [0.717, 1.165) is 33.1 Å². The Bertz CT molecular complexity index is 990. The summed E-state index contributed by atoms with van der Waals surface area (Å²) in [5.74, 6) is -0.0100. The minimum absolute atomic E-state index is 0.0100. The standard InChI is InChI=1S/C23H24N4OS/c1-16-23(19-9-7-18(14-24)8-10-19)29-22(26-16)12-11-21(28)27-20(15-25)13-17-5-3-2-4-6-17/h2-10,20H,11-13,15,25H2,1H3,(H,27,28). The van der Waals surface area contributed by atoms with E-state index < -0.39 is 0 Å². The molecule has 1 unspecified atom stereocenters. The molecule has 0 saturated carbocycles. The number of carbonyl (C=O) groups is 1. The molecule has 2 aromatic carbocycles. The van der Waals surface area contributed by atoms with Gasteiger partial charge in [-0.25, -0.2) is 4.98 Å². The van der Waals surface area contributed by atoms with Crippen molar-refractivity contribution in [3.63, 3.8) is 0 Å². The number of aryl methyl sites for hydroxylation is 2. The molecule has 0 saturated heterocycles. The van der Waals surface area contributed by atoms with E-state index >= 15 is 0 Å². The Kier molecular flexibility index (Phi) is 7.12. The van der Waals surface area contributed by atoms with Gasteiger partial charge in [-0.2, -0.15) is 5.26 Å². The molecule has 1 atom stereocenters. The zero-order valence-corrected chi connectivity index (χ0v) is 17.2.